The summed E-state index contributed by atoms with van der Waals surface area (Å²) in [6, 6.07) is 0. The van der Waals surface area contributed by atoms with Crippen molar-refractivity contribution in [3.05, 3.63) is 0 Å². The molecule has 0 spiro atoms. The molecule has 1 rings (SSSR count). The third-order valence-corrected chi connectivity index (χ3v) is 2.70. The number of hydrogen-bond donors (Lipinski definition) is 0. The lowest BCUT2D eigenvalue weighted by atomic mass is 10.2. The van der Waals surface area contributed by atoms with Gasteiger partial charge >= 0.3 is 6.09 Å². The monoisotopic (exact) mass is 267 g/mol. The normalized spacial score (nSPS) is 27.9. The van der Waals surface area contributed by atoms with Crippen LogP contribution < -0.4 is 0 Å². The molecule has 5 heteroatoms. The van der Waals surface area contributed by atoms with Gasteiger partial charge in [0.25, 0.3) is 0 Å². The van der Waals surface area contributed by atoms with Gasteiger partial charge in [-0.05, 0) is 20.8 Å². The first-order chi connectivity index (χ1) is 6.29. The molecule has 1 amide bonds. The van der Waals surface area contributed by atoms with Crippen molar-refractivity contribution in [3.8, 4) is 0 Å². The van der Waals surface area contributed by atoms with E-state index in [-0.39, 0.29) is 11.4 Å². The zero-order valence-corrected chi connectivity index (χ0v) is 10.2. The standard InChI is InChI=1S/C9H15BrFNO2/c1-9(2,3)14-8(13)12-4-6(10)7(11)5-12/h6-7H,4-5H2,1-3H3. The summed E-state index contributed by atoms with van der Waals surface area (Å²) < 4.78 is 18.2. The molecular weight excluding hydrogens is 253 g/mol. The van der Waals surface area contributed by atoms with Gasteiger partial charge in [-0.15, -0.1) is 0 Å². The minimum Gasteiger partial charge on any atom is -0.444 e. The Balaban J connectivity index is 2.48. The fraction of sp³-hybridized carbons (Fsp3) is 0.889. The van der Waals surface area contributed by atoms with Gasteiger partial charge in [0, 0.05) is 6.54 Å². The van der Waals surface area contributed by atoms with Crippen molar-refractivity contribution < 1.29 is 13.9 Å². The highest BCUT2D eigenvalue weighted by Gasteiger charge is 2.35. The summed E-state index contributed by atoms with van der Waals surface area (Å²) >= 11 is 3.17. The van der Waals surface area contributed by atoms with Gasteiger partial charge < -0.3 is 9.64 Å². The predicted molar refractivity (Wildman–Crippen MR) is 55.4 cm³/mol. The molecule has 0 aromatic carbocycles. The Bertz CT molecular complexity index is 219. The zero-order chi connectivity index (χ0) is 10.9. The SMILES string of the molecule is CC(C)(C)OC(=O)N1CC(F)C(Br)C1. The van der Waals surface area contributed by atoms with Crippen molar-refractivity contribution in [2.45, 2.75) is 37.4 Å². The molecule has 1 aliphatic heterocycles. The number of nitrogens with zero attached hydrogens (tertiary/aromatic N) is 1. The molecule has 14 heavy (non-hydrogen) atoms. The van der Waals surface area contributed by atoms with E-state index in [1.807, 2.05) is 0 Å². The Morgan fingerprint density at radius 3 is 2.43 bits per heavy atom. The highest BCUT2D eigenvalue weighted by atomic mass is 79.9. The van der Waals surface area contributed by atoms with E-state index in [1.54, 1.807) is 20.8 Å². The molecule has 2 unspecified atom stereocenters. The van der Waals surface area contributed by atoms with Crippen LogP contribution in [0.1, 0.15) is 20.8 Å². The number of hydrogen-bond acceptors (Lipinski definition) is 2. The molecule has 1 saturated heterocycles. The summed E-state index contributed by atoms with van der Waals surface area (Å²) in [6.45, 7) is 5.86. The van der Waals surface area contributed by atoms with Gasteiger partial charge in [-0.3, -0.25) is 0 Å². The fourth-order valence-electron chi connectivity index (χ4n) is 1.20. The lowest BCUT2D eigenvalue weighted by molar-refractivity contribution is 0.0284. The molecule has 0 aromatic rings. The lowest BCUT2D eigenvalue weighted by Gasteiger charge is -2.24. The van der Waals surface area contributed by atoms with Crippen LogP contribution in [-0.2, 0) is 4.74 Å². The summed E-state index contributed by atoms with van der Waals surface area (Å²) in [5.41, 5.74) is -0.521. The average Bonchev–Trinajstić information content (AvgIpc) is 2.28. The van der Waals surface area contributed by atoms with Gasteiger partial charge in [0.15, 0.2) is 0 Å². The molecule has 1 fully saturated rings. The van der Waals surface area contributed by atoms with Gasteiger partial charge in [-0.25, -0.2) is 9.18 Å². The Labute approximate surface area is 91.7 Å². The Morgan fingerprint density at radius 2 is 2.07 bits per heavy atom. The second-order valence-electron chi connectivity index (χ2n) is 4.42. The van der Waals surface area contributed by atoms with Gasteiger partial charge in [0.05, 0.1) is 11.4 Å². The quantitative estimate of drug-likeness (QED) is 0.631. The average molecular weight is 268 g/mol. The molecule has 0 bridgehead atoms. The van der Waals surface area contributed by atoms with Crippen LogP contribution in [0.5, 0.6) is 0 Å². The number of amides is 1. The molecule has 2 atom stereocenters. The van der Waals surface area contributed by atoms with E-state index in [0.29, 0.717) is 6.54 Å². The van der Waals surface area contributed by atoms with Gasteiger partial charge in [0.2, 0.25) is 0 Å². The van der Waals surface area contributed by atoms with Crippen molar-refractivity contribution in [1.29, 1.82) is 0 Å². The maximum absolute atomic E-state index is 13.1. The first-order valence-corrected chi connectivity index (χ1v) is 5.47. The molecule has 0 radical (unpaired) electrons. The van der Waals surface area contributed by atoms with Crippen LogP contribution in [-0.4, -0.2) is 40.7 Å². The summed E-state index contributed by atoms with van der Waals surface area (Å²) in [4.78, 5) is 12.6. The van der Waals surface area contributed by atoms with E-state index in [2.05, 4.69) is 15.9 Å². The maximum Gasteiger partial charge on any atom is 0.410 e. The van der Waals surface area contributed by atoms with E-state index < -0.39 is 17.9 Å². The summed E-state index contributed by atoms with van der Waals surface area (Å²) in [5, 5.41) is 0. The number of ether oxygens (including phenoxy) is 1. The van der Waals surface area contributed by atoms with Gasteiger partial charge in [0.1, 0.15) is 11.8 Å². The predicted octanol–water partition coefficient (Wildman–Crippen LogP) is 2.34. The second-order valence-corrected chi connectivity index (χ2v) is 5.59. The lowest BCUT2D eigenvalue weighted by Crippen LogP contribution is -2.35. The van der Waals surface area contributed by atoms with Crippen LogP contribution in [0.25, 0.3) is 0 Å². The van der Waals surface area contributed by atoms with E-state index in [0.717, 1.165) is 0 Å². The van der Waals surface area contributed by atoms with E-state index in [4.69, 9.17) is 4.74 Å². The van der Waals surface area contributed by atoms with Crippen LogP contribution in [0, 0.1) is 0 Å². The summed E-state index contributed by atoms with van der Waals surface area (Å²) in [7, 11) is 0. The molecule has 0 aliphatic carbocycles. The van der Waals surface area contributed by atoms with E-state index in [1.165, 1.54) is 4.90 Å². The fourth-order valence-corrected chi connectivity index (χ4v) is 1.72. The van der Waals surface area contributed by atoms with Gasteiger partial charge in [-0.1, -0.05) is 15.9 Å². The van der Waals surface area contributed by atoms with Crippen LogP contribution >= 0.6 is 15.9 Å². The number of alkyl halides is 2. The molecule has 3 nitrogen and oxygen atoms in total. The second kappa shape index (κ2) is 4.04. The summed E-state index contributed by atoms with van der Waals surface area (Å²) in [5.74, 6) is 0. The minimum atomic E-state index is -0.998. The molecule has 0 saturated carbocycles. The van der Waals surface area contributed by atoms with Crippen LogP contribution in [0.15, 0.2) is 0 Å². The number of carbonyl (C=O) groups is 1. The molecule has 0 aromatic heterocycles. The number of rotatable bonds is 0. The van der Waals surface area contributed by atoms with Crippen LogP contribution in [0.2, 0.25) is 0 Å². The Morgan fingerprint density at radius 1 is 1.50 bits per heavy atom. The summed E-state index contributed by atoms with van der Waals surface area (Å²) in [6.07, 6.45) is -1.44. The topological polar surface area (TPSA) is 29.5 Å². The highest BCUT2D eigenvalue weighted by Crippen LogP contribution is 2.22. The van der Waals surface area contributed by atoms with Crippen LogP contribution in [0.3, 0.4) is 0 Å². The number of likely N-dealkylation sites (tertiary alicyclic amines) is 1. The Hall–Kier alpha value is -0.320. The van der Waals surface area contributed by atoms with Crippen molar-refractivity contribution in [2.24, 2.45) is 0 Å². The van der Waals surface area contributed by atoms with E-state index >= 15 is 0 Å². The maximum atomic E-state index is 13.1. The highest BCUT2D eigenvalue weighted by molar-refractivity contribution is 9.09. The van der Waals surface area contributed by atoms with Crippen molar-refractivity contribution in [1.82, 2.24) is 4.90 Å². The molecule has 1 aliphatic rings. The number of halogens is 2. The zero-order valence-electron chi connectivity index (χ0n) is 8.59. The molecular formula is C9H15BrFNO2. The third kappa shape index (κ3) is 3.12. The van der Waals surface area contributed by atoms with E-state index in [9.17, 15) is 9.18 Å². The van der Waals surface area contributed by atoms with Crippen molar-refractivity contribution >= 4 is 22.0 Å². The van der Waals surface area contributed by atoms with Crippen molar-refractivity contribution in [3.63, 3.8) is 0 Å². The first kappa shape index (κ1) is 11.8. The molecule has 1 heterocycles. The van der Waals surface area contributed by atoms with Crippen LogP contribution in [0.4, 0.5) is 9.18 Å². The smallest absolute Gasteiger partial charge is 0.410 e. The third-order valence-electron chi connectivity index (χ3n) is 1.83. The first-order valence-electron chi connectivity index (χ1n) is 4.55. The molecule has 82 valence electrons. The molecule has 0 N–H and O–H groups in total. The largest absolute Gasteiger partial charge is 0.444 e. The Kier molecular flexibility index (Phi) is 3.40. The van der Waals surface area contributed by atoms with Crippen molar-refractivity contribution in [2.75, 3.05) is 13.1 Å². The minimum absolute atomic E-state index is 0.116. The van der Waals surface area contributed by atoms with Gasteiger partial charge in [-0.2, -0.15) is 0 Å². The number of carbonyl (C=O) groups excluding carboxylic acids is 1.